The molecule has 2 aromatic rings. The SMILES string of the molecule is CCCCCn1c(=O)n(CC(=O)NC2CC2)c(=O)c2c(C)csc21. The first-order chi connectivity index (χ1) is 11.5. The summed E-state index contributed by atoms with van der Waals surface area (Å²) in [6.45, 7) is 4.35. The van der Waals surface area contributed by atoms with Gasteiger partial charge in [-0.05, 0) is 37.1 Å². The summed E-state index contributed by atoms with van der Waals surface area (Å²) >= 11 is 1.42. The number of unbranched alkanes of at least 4 members (excludes halogenated alkanes) is 2. The first kappa shape index (κ1) is 17.0. The van der Waals surface area contributed by atoms with Crippen LogP contribution in [-0.2, 0) is 17.9 Å². The van der Waals surface area contributed by atoms with Gasteiger partial charge < -0.3 is 5.32 Å². The lowest BCUT2D eigenvalue weighted by Gasteiger charge is -2.12. The summed E-state index contributed by atoms with van der Waals surface area (Å²) < 4.78 is 2.75. The molecule has 0 aromatic carbocycles. The number of amides is 1. The molecule has 24 heavy (non-hydrogen) atoms. The number of carbonyl (C=O) groups is 1. The minimum absolute atomic E-state index is 0.201. The molecule has 0 unspecified atom stereocenters. The number of hydrogen-bond donors (Lipinski definition) is 1. The second-order valence-corrected chi connectivity index (χ2v) is 7.33. The molecule has 0 atom stereocenters. The minimum atomic E-state index is -0.378. The zero-order valence-electron chi connectivity index (χ0n) is 14.1. The van der Waals surface area contributed by atoms with Crippen LogP contribution < -0.4 is 16.6 Å². The standard InChI is InChI=1S/C17H23N3O3S/c1-3-4-5-8-19-16-14(11(2)10-24-16)15(22)20(17(19)23)9-13(21)18-12-6-7-12/h10,12H,3-9H2,1-2H3,(H,18,21). The number of carbonyl (C=O) groups excluding carboxylic acids is 1. The number of thiophene rings is 1. The molecule has 1 fully saturated rings. The molecule has 0 radical (unpaired) electrons. The second kappa shape index (κ2) is 6.93. The number of rotatable bonds is 7. The molecule has 0 aliphatic heterocycles. The number of nitrogens with zero attached hydrogens (tertiary/aromatic N) is 2. The molecule has 1 aliphatic rings. The zero-order chi connectivity index (χ0) is 17.3. The van der Waals surface area contributed by atoms with Crippen LogP contribution in [0.2, 0.25) is 0 Å². The molecule has 1 saturated carbocycles. The highest BCUT2D eigenvalue weighted by Crippen LogP contribution is 2.21. The molecule has 6 nitrogen and oxygen atoms in total. The van der Waals surface area contributed by atoms with E-state index < -0.39 is 0 Å². The van der Waals surface area contributed by atoms with E-state index in [4.69, 9.17) is 0 Å². The van der Waals surface area contributed by atoms with Gasteiger partial charge >= 0.3 is 5.69 Å². The lowest BCUT2D eigenvalue weighted by atomic mass is 10.2. The Morgan fingerprint density at radius 3 is 2.71 bits per heavy atom. The number of aryl methyl sites for hydroxylation is 2. The molecule has 1 N–H and O–H groups in total. The Kier molecular flexibility index (Phi) is 4.89. The summed E-state index contributed by atoms with van der Waals surface area (Å²) in [7, 11) is 0. The maximum atomic E-state index is 12.8. The van der Waals surface area contributed by atoms with Crippen LogP contribution >= 0.6 is 11.3 Å². The van der Waals surface area contributed by atoms with E-state index in [-0.39, 0.29) is 29.7 Å². The molecular formula is C17H23N3O3S. The summed E-state index contributed by atoms with van der Waals surface area (Å²) in [5, 5.41) is 5.31. The van der Waals surface area contributed by atoms with E-state index in [2.05, 4.69) is 12.2 Å². The molecule has 7 heteroatoms. The topological polar surface area (TPSA) is 73.1 Å². The van der Waals surface area contributed by atoms with E-state index in [1.807, 2.05) is 12.3 Å². The van der Waals surface area contributed by atoms with Gasteiger partial charge in [0.25, 0.3) is 5.56 Å². The minimum Gasteiger partial charge on any atom is -0.352 e. The van der Waals surface area contributed by atoms with Crippen molar-refractivity contribution in [3.05, 3.63) is 31.8 Å². The quantitative estimate of drug-likeness (QED) is 0.777. The third-order valence-electron chi connectivity index (χ3n) is 4.35. The lowest BCUT2D eigenvalue weighted by molar-refractivity contribution is -0.121. The van der Waals surface area contributed by atoms with Crippen molar-refractivity contribution < 1.29 is 4.79 Å². The fraction of sp³-hybridized carbons (Fsp3) is 0.588. The smallest absolute Gasteiger partial charge is 0.332 e. The van der Waals surface area contributed by atoms with Crippen LogP contribution in [-0.4, -0.2) is 21.1 Å². The van der Waals surface area contributed by atoms with Crippen LogP contribution in [0.5, 0.6) is 0 Å². The Hall–Kier alpha value is -1.89. The Labute approximate surface area is 144 Å². The van der Waals surface area contributed by atoms with Crippen molar-refractivity contribution in [1.29, 1.82) is 0 Å². The Morgan fingerprint density at radius 2 is 2.04 bits per heavy atom. The second-order valence-electron chi connectivity index (χ2n) is 6.47. The van der Waals surface area contributed by atoms with E-state index in [1.165, 1.54) is 11.3 Å². The lowest BCUT2D eigenvalue weighted by Crippen LogP contribution is -2.44. The molecule has 130 valence electrons. The molecule has 2 aromatic heterocycles. The average molecular weight is 349 g/mol. The first-order valence-electron chi connectivity index (χ1n) is 8.53. The van der Waals surface area contributed by atoms with Crippen LogP contribution in [0.15, 0.2) is 15.0 Å². The van der Waals surface area contributed by atoms with Gasteiger partial charge in [-0.3, -0.25) is 18.7 Å². The molecule has 0 spiro atoms. The van der Waals surface area contributed by atoms with Gasteiger partial charge in [-0.2, -0.15) is 0 Å². The van der Waals surface area contributed by atoms with Gasteiger partial charge in [0, 0.05) is 12.6 Å². The Balaban J connectivity index is 2.02. The number of hydrogen-bond acceptors (Lipinski definition) is 4. The third-order valence-corrected chi connectivity index (χ3v) is 5.47. The predicted molar refractivity (Wildman–Crippen MR) is 95.8 cm³/mol. The number of fused-ring (bicyclic) bond motifs is 1. The maximum Gasteiger partial charge on any atom is 0.332 e. The average Bonchev–Trinajstić information content (AvgIpc) is 3.27. The van der Waals surface area contributed by atoms with Gasteiger partial charge in [0.15, 0.2) is 0 Å². The van der Waals surface area contributed by atoms with Crippen LogP contribution in [0.4, 0.5) is 0 Å². The largest absolute Gasteiger partial charge is 0.352 e. The summed E-state index contributed by atoms with van der Waals surface area (Å²) in [6, 6.07) is 0.214. The predicted octanol–water partition coefficient (Wildman–Crippen LogP) is 2.00. The molecule has 1 amide bonds. The summed E-state index contributed by atoms with van der Waals surface area (Å²) in [4.78, 5) is 38.3. The van der Waals surface area contributed by atoms with Crippen molar-refractivity contribution in [2.45, 2.75) is 65.1 Å². The van der Waals surface area contributed by atoms with E-state index in [0.717, 1.165) is 47.1 Å². The summed E-state index contributed by atoms with van der Waals surface area (Å²) in [6.07, 6.45) is 4.93. The highest BCUT2D eigenvalue weighted by Gasteiger charge is 2.24. The van der Waals surface area contributed by atoms with Crippen LogP contribution in [0, 0.1) is 6.92 Å². The van der Waals surface area contributed by atoms with E-state index >= 15 is 0 Å². The van der Waals surface area contributed by atoms with Gasteiger partial charge in [0.05, 0.1) is 5.39 Å². The highest BCUT2D eigenvalue weighted by atomic mass is 32.1. The summed E-state index contributed by atoms with van der Waals surface area (Å²) in [5.41, 5.74) is 0.128. The maximum absolute atomic E-state index is 12.8. The van der Waals surface area contributed by atoms with Crippen molar-refractivity contribution >= 4 is 27.5 Å². The van der Waals surface area contributed by atoms with Crippen molar-refractivity contribution in [1.82, 2.24) is 14.5 Å². The van der Waals surface area contributed by atoms with Crippen molar-refractivity contribution in [2.75, 3.05) is 0 Å². The molecule has 0 bridgehead atoms. The van der Waals surface area contributed by atoms with Gasteiger partial charge in [0.1, 0.15) is 11.4 Å². The van der Waals surface area contributed by atoms with Crippen LogP contribution in [0.25, 0.3) is 10.2 Å². The zero-order valence-corrected chi connectivity index (χ0v) is 14.9. The number of aromatic nitrogens is 2. The van der Waals surface area contributed by atoms with Crippen molar-refractivity contribution in [3.8, 4) is 0 Å². The normalized spacial score (nSPS) is 14.2. The number of nitrogens with one attached hydrogen (secondary N) is 1. The monoisotopic (exact) mass is 349 g/mol. The van der Waals surface area contributed by atoms with Crippen LogP contribution in [0.3, 0.4) is 0 Å². The van der Waals surface area contributed by atoms with Gasteiger partial charge in [0.2, 0.25) is 5.91 Å². The van der Waals surface area contributed by atoms with E-state index in [9.17, 15) is 14.4 Å². The van der Waals surface area contributed by atoms with Crippen molar-refractivity contribution in [3.63, 3.8) is 0 Å². The molecule has 3 rings (SSSR count). The molecular weight excluding hydrogens is 326 g/mol. The van der Waals surface area contributed by atoms with Crippen LogP contribution in [0.1, 0.15) is 44.6 Å². The van der Waals surface area contributed by atoms with E-state index in [1.54, 1.807) is 4.57 Å². The summed E-state index contributed by atoms with van der Waals surface area (Å²) in [5.74, 6) is -0.260. The third kappa shape index (κ3) is 3.31. The van der Waals surface area contributed by atoms with Gasteiger partial charge in [-0.15, -0.1) is 11.3 Å². The fourth-order valence-electron chi connectivity index (χ4n) is 2.84. The first-order valence-corrected chi connectivity index (χ1v) is 9.41. The van der Waals surface area contributed by atoms with Gasteiger partial charge in [-0.25, -0.2) is 4.79 Å². The van der Waals surface area contributed by atoms with Gasteiger partial charge in [-0.1, -0.05) is 19.8 Å². The van der Waals surface area contributed by atoms with Crippen molar-refractivity contribution in [2.24, 2.45) is 0 Å². The Bertz CT molecular complexity index is 874. The molecule has 0 saturated heterocycles. The molecule has 1 aliphatic carbocycles. The van der Waals surface area contributed by atoms with E-state index in [0.29, 0.717) is 11.9 Å². The highest BCUT2D eigenvalue weighted by molar-refractivity contribution is 7.17. The molecule has 2 heterocycles. The fourth-order valence-corrected chi connectivity index (χ4v) is 3.91. The Morgan fingerprint density at radius 1 is 1.29 bits per heavy atom.